The highest BCUT2D eigenvalue weighted by Crippen LogP contribution is 2.40. The van der Waals surface area contributed by atoms with Gasteiger partial charge in [-0.2, -0.15) is 0 Å². The highest BCUT2D eigenvalue weighted by atomic mass is 32.1. The fourth-order valence-electron chi connectivity index (χ4n) is 3.35. The summed E-state index contributed by atoms with van der Waals surface area (Å²) in [6.07, 6.45) is 3.08. The van der Waals surface area contributed by atoms with Gasteiger partial charge in [0.15, 0.2) is 17.3 Å². The van der Waals surface area contributed by atoms with E-state index in [-0.39, 0.29) is 5.78 Å². The first-order chi connectivity index (χ1) is 11.1. The van der Waals surface area contributed by atoms with Crippen LogP contribution in [0.2, 0.25) is 0 Å². The maximum absolute atomic E-state index is 13.0. The van der Waals surface area contributed by atoms with Gasteiger partial charge in [0, 0.05) is 10.4 Å². The molecule has 0 spiro atoms. The number of nitrogens with two attached hydrogens (primary N) is 1. The maximum atomic E-state index is 13.0. The smallest absolute Gasteiger partial charge is 0.196 e. The minimum absolute atomic E-state index is 0.00785. The minimum Gasteiger partial charge on any atom is -0.486 e. The van der Waals surface area contributed by atoms with E-state index in [0.717, 1.165) is 24.8 Å². The zero-order valence-electron chi connectivity index (χ0n) is 13.1. The van der Waals surface area contributed by atoms with Gasteiger partial charge >= 0.3 is 0 Å². The van der Waals surface area contributed by atoms with Crippen molar-refractivity contribution in [2.75, 3.05) is 18.9 Å². The Morgan fingerprint density at radius 3 is 2.87 bits per heavy atom. The van der Waals surface area contributed by atoms with Crippen LogP contribution in [0.15, 0.2) is 18.2 Å². The number of hydrogen-bond donors (Lipinski definition) is 1. The van der Waals surface area contributed by atoms with Crippen LogP contribution in [0.5, 0.6) is 11.5 Å². The molecule has 1 atom stereocenters. The summed E-state index contributed by atoms with van der Waals surface area (Å²) in [6, 6.07) is 5.37. The van der Waals surface area contributed by atoms with Crippen LogP contribution in [0.3, 0.4) is 0 Å². The number of ether oxygens (including phenoxy) is 2. The second-order valence-electron chi connectivity index (χ2n) is 6.28. The molecule has 4 rings (SSSR count). The van der Waals surface area contributed by atoms with Crippen molar-refractivity contribution in [3.8, 4) is 11.5 Å². The lowest BCUT2D eigenvalue weighted by Gasteiger charge is -2.20. The average Bonchev–Trinajstić information content (AvgIpc) is 2.88. The molecule has 2 heterocycles. The molecule has 1 aromatic carbocycles. The van der Waals surface area contributed by atoms with Gasteiger partial charge in [0.1, 0.15) is 13.2 Å². The Morgan fingerprint density at radius 1 is 1.26 bits per heavy atom. The lowest BCUT2D eigenvalue weighted by atomic mass is 9.86. The number of thiophene rings is 1. The van der Waals surface area contributed by atoms with E-state index in [1.807, 2.05) is 0 Å². The molecule has 23 heavy (non-hydrogen) atoms. The average molecular weight is 329 g/mol. The van der Waals surface area contributed by atoms with Crippen LogP contribution in [-0.4, -0.2) is 19.0 Å². The summed E-state index contributed by atoms with van der Waals surface area (Å²) >= 11 is 1.57. The van der Waals surface area contributed by atoms with E-state index < -0.39 is 0 Å². The summed E-state index contributed by atoms with van der Waals surface area (Å²) < 4.78 is 11.1. The molecule has 1 unspecified atom stereocenters. The van der Waals surface area contributed by atoms with Crippen LogP contribution >= 0.6 is 11.3 Å². The molecule has 0 fully saturated rings. The quantitative estimate of drug-likeness (QED) is 0.857. The fourth-order valence-corrected chi connectivity index (χ4v) is 4.63. The number of ketones is 1. The SMILES string of the molecule is CC1CCc2c(sc(N)c2C(=O)c2ccc3c(c2)OCCO3)C1. The first kappa shape index (κ1) is 14.6. The molecule has 1 aromatic heterocycles. The zero-order valence-corrected chi connectivity index (χ0v) is 13.9. The van der Waals surface area contributed by atoms with Gasteiger partial charge in [-0.1, -0.05) is 6.92 Å². The first-order valence-corrected chi connectivity index (χ1v) is 8.79. The molecule has 120 valence electrons. The van der Waals surface area contributed by atoms with Gasteiger partial charge in [0.2, 0.25) is 0 Å². The fraction of sp³-hybridized carbons (Fsp3) is 0.389. The number of nitrogen functional groups attached to an aromatic ring is 1. The molecule has 0 saturated heterocycles. The van der Waals surface area contributed by atoms with Crippen molar-refractivity contribution in [3.05, 3.63) is 39.8 Å². The van der Waals surface area contributed by atoms with E-state index in [4.69, 9.17) is 15.2 Å². The number of hydrogen-bond acceptors (Lipinski definition) is 5. The van der Waals surface area contributed by atoms with Gasteiger partial charge in [-0.15, -0.1) is 11.3 Å². The Labute approximate surface area is 139 Å². The van der Waals surface area contributed by atoms with Crippen LogP contribution in [0.4, 0.5) is 5.00 Å². The van der Waals surface area contributed by atoms with Crippen molar-refractivity contribution in [1.82, 2.24) is 0 Å². The van der Waals surface area contributed by atoms with E-state index in [1.165, 1.54) is 4.88 Å². The first-order valence-electron chi connectivity index (χ1n) is 7.98. The van der Waals surface area contributed by atoms with Gasteiger partial charge in [0.05, 0.1) is 10.6 Å². The molecule has 0 radical (unpaired) electrons. The molecule has 1 aliphatic carbocycles. The maximum Gasteiger partial charge on any atom is 0.196 e. The van der Waals surface area contributed by atoms with Gasteiger partial charge in [-0.25, -0.2) is 0 Å². The van der Waals surface area contributed by atoms with E-state index in [2.05, 4.69) is 6.92 Å². The number of fused-ring (bicyclic) bond motifs is 2. The Kier molecular flexibility index (Phi) is 3.53. The highest BCUT2D eigenvalue weighted by molar-refractivity contribution is 7.16. The summed E-state index contributed by atoms with van der Waals surface area (Å²) in [5, 5.41) is 0.643. The van der Waals surface area contributed by atoms with Crippen LogP contribution in [0.25, 0.3) is 0 Å². The largest absolute Gasteiger partial charge is 0.486 e. The number of carbonyl (C=O) groups is 1. The number of carbonyl (C=O) groups excluding carboxylic acids is 1. The van der Waals surface area contributed by atoms with Gasteiger partial charge in [-0.3, -0.25) is 4.79 Å². The van der Waals surface area contributed by atoms with E-state index >= 15 is 0 Å². The van der Waals surface area contributed by atoms with Crippen LogP contribution in [0.1, 0.15) is 39.7 Å². The van der Waals surface area contributed by atoms with Crippen molar-refractivity contribution >= 4 is 22.1 Å². The van der Waals surface area contributed by atoms with Gasteiger partial charge < -0.3 is 15.2 Å². The Bertz CT molecular complexity index is 781. The van der Waals surface area contributed by atoms with E-state index in [1.54, 1.807) is 29.5 Å². The summed E-state index contributed by atoms with van der Waals surface area (Å²) in [7, 11) is 0. The van der Waals surface area contributed by atoms with Crippen molar-refractivity contribution in [2.24, 2.45) is 5.92 Å². The second kappa shape index (κ2) is 5.57. The molecular weight excluding hydrogens is 310 g/mol. The molecular formula is C18H19NO3S. The van der Waals surface area contributed by atoms with Crippen LogP contribution in [0, 0.1) is 5.92 Å². The molecule has 5 heteroatoms. The Balaban J connectivity index is 1.72. The third kappa shape index (κ3) is 2.49. The molecule has 2 aromatic rings. The summed E-state index contributed by atoms with van der Waals surface area (Å²) in [5.74, 6) is 1.99. The third-order valence-electron chi connectivity index (χ3n) is 4.57. The predicted octanol–water partition coefficient (Wildman–Crippen LogP) is 3.46. The van der Waals surface area contributed by atoms with Crippen molar-refractivity contribution in [1.29, 1.82) is 0 Å². The molecule has 4 nitrogen and oxygen atoms in total. The molecule has 0 saturated carbocycles. The lowest BCUT2D eigenvalue weighted by molar-refractivity contribution is 0.103. The number of benzene rings is 1. The lowest BCUT2D eigenvalue weighted by Crippen LogP contribution is -2.16. The molecule has 2 aliphatic rings. The minimum atomic E-state index is -0.00785. The van der Waals surface area contributed by atoms with E-state index in [9.17, 15) is 4.79 Å². The summed E-state index contributed by atoms with van der Waals surface area (Å²) in [5.41, 5.74) is 8.66. The van der Waals surface area contributed by atoms with Crippen LogP contribution < -0.4 is 15.2 Å². The van der Waals surface area contributed by atoms with E-state index in [0.29, 0.717) is 46.8 Å². The van der Waals surface area contributed by atoms with Crippen molar-refractivity contribution < 1.29 is 14.3 Å². The number of anilines is 1. The van der Waals surface area contributed by atoms with Gasteiger partial charge in [-0.05, 0) is 48.9 Å². The molecule has 1 aliphatic heterocycles. The van der Waals surface area contributed by atoms with Crippen LogP contribution in [-0.2, 0) is 12.8 Å². The standard InChI is InChI=1S/C18H19NO3S/c1-10-2-4-12-15(8-10)23-18(19)16(12)17(20)11-3-5-13-14(9-11)22-7-6-21-13/h3,5,9-10H,2,4,6-8,19H2,1H3. The molecule has 0 amide bonds. The summed E-state index contributed by atoms with van der Waals surface area (Å²) in [4.78, 5) is 14.3. The van der Waals surface area contributed by atoms with Crippen molar-refractivity contribution in [2.45, 2.75) is 26.2 Å². The summed E-state index contributed by atoms with van der Waals surface area (Å²) in [6.45, 7) is 3.31. The zero-order chi connectivity index (χ0) is 16.0. The monoisotopic (exact) mass is 329 g/mol. The van der Waals surface area contributed by atoms with Gasteiger partial charge in [0.25, 0.3) is 0 Å². The molecule has 0 bridgehead atoms. The Hall–Kier alpha value is -2.01. The third-order valence-corrected chi connectivity index (χ3v) is 5.65. The van der Waals surface area contributed by atoms with Crippen molar-refractivity contribution in [3.63, 3.8) is 0 Å². The number of rotatable bonds is 2. The predicted molar refractivity (Wildman–Crippen MR) is 90.8 cm³/mol. The topological polar surface area (TPSA) is 61.6 Å². The highest BCUT2D eigenvalue weighted by Gasteiger charge is 2.27. The Morgan fingerprint density at radius 2 is 2.04 bits per heavy atom. The normalized spacial score (nSPS) is 19.3. The molecule has 2 N–H and O–H groups in total. The second-order valence-corrected chi connectivity index (χ2v) is 7.42.